The van der Waals surface area contributed by atoms with Gasteiger partial charge in [0.2, 0.25) is 11.8 Å². The number of aromatic nitrogens is 3. The van der Waals surface area contributed by atoms with Gasteiger partial charge in [0.05, 0.1) is 11.4 Å². The van der Waals surface area contributed by atoms with Crippen molar-refractivity contribution in [1.29, 1.82) is 0 Å². The molecular formula is C30H24BN6O4. The summed E-state index contributed by atoms with van der Waals surface area (Å²) in [4.78, 5) is 43.4. The number of nitrogens with one attached hydrogen (secondary N) is 1. The number of hydrogen-bond donors (Lipinski definition) is 2. The number of nitrogens with zero attached hydrogens (tertiary/aromatic N) is 5. The Hall–Kier alpha value is -5.06. The van der Waals surface area contributed by atoms with E-state index < -0.39 is 11.9 Å². The molecule has 10 nitrogen and oxygen atoms in total. The molecule has 1 atom stereocenters. The number of aryl methyl sites for hydroxylation is 1. The summed E-state index contributed by atoms with van der Waals surface area (Å²) in [5.74, 6) is -0.976. The summed E-state index contributed by atoms with van der Waals surface area (Å²) in [6.07, 6.45) is 7.40. The Kier molecular flexibility index (Phi) is 5.99. The van der Waals surface area contributed by atoms with Crippen LogP contribution < -0.4 is 10.8 Å². The fourth-order valence-corrected chi connectivity index (χ4v) is 6.03. The fraction of sp³-hybridized carbons (Fsp3) is 0.200. The van der Waals surface area contributed by atoms with Crippen LogP contribution in [0.4, 0.5) is 0 Å². The van der Waals surface area contributed by atoms with Crippen LogP contribution in [0.1, 0.15) is 46.3 Å². The number of benzene rings is 2. The molecule has 0 saturated carbocycles. The highest BCUT2D eigenvalue weighted by Gasteiger charge is 2.40. The largest absolute Gasteiger partial charge is 0.411 e. The second kappa shape index (κ2) is 9.85. The summed E-state index contributed by atoms with van der Waals surface area (Å²) in [6.45, 7) is 0.309. The molecule has 1 aliphatic carbocycles. The predicted octanol–water partition coefficient (Wildman–Crippen LogP) is 2.29. The molecule has 1 saturated heterocycles. The van der Waals surface area contributed by atoms with Crippen molar-refractivity contribution >= 4 is 36.3 Å². The van der Waals surface area contributed by atoms with E-state index in [1.807, 2.05) is 56.1 Å². The van der Waals surface area contributed by atoms with E-state index in [2.05, 4.69) is 21.5 Å². The smallest absolute Gasteiger partial charge is 0.317 e. The van der Waals surface area contributed by atoms with E-state index in [4.69, 9.17) is 5.10 Å². The monoisotopic (exact) mass is 543 g/mol. The van der Waals surface area contributed by atoms with Gasteiger partial charge >= 0.3 is 7.41 Å². The van der Waals surface area contributed by atoms with E-state index in [9.17, 15) is 19.6 Å². The van der Waals surface area contributed by atoms with Crippen molar-refractivity contribution in [3.05, 3.63) is 89.4 Å². The molecule has 2 aliphatic heterocycles. The summed E-state index contributed by atoms with van der Waals surface area (Å²) >= 11 is 0. The number of amides is 3. The number of piperidine rings is 1. The Morgan fingerprint density at radius 1 is 0.951 bits per heavy atom. The molecule has 3 aliphatic rings. The van der Waals surface area contributed by atoms with E-state index in [1.165, 1.54) is 0 Å². The topological polar surface area (TPSA) is 130 Å². The van der Waals surface area contributed by atoms with E-state index in [-0.39, 0.29) is 18.2 Å². The number of fused-ring (bicyclic) bond motifs is 2. The molecule has 1 radical (unpaired) electrons. The highest BCUT2D eigenvalue weighted by molar-refractivity contribution is 6.54. The Labute approximate surface area is 236 Å². The lowest BCUT2D eigenvalue weighted by Gasteiger charge is -2.29. The quantitative estimate of drug-likeness (QED) is 0.172. The number of carbonyl (C=O) groups excluding carboxylic acids is 3. The second-order valence-corrected chi connectivity index (χ2v) is 10.4. The van der Waals surface area contributed by atoms with Crippen molar-refractivity contribution in [2.24, 2.45) is 5.16 Å². The molecule has 2 N–H and O–H groups in total. The molecule has 2 aromatic carbocycles. The number of oxime groups is 1. The zero-order chi connectivity index (χ0) is 28.1. The van der Waals surface area contributed by atoms with E-state index >= 15 is 0 Å². The highest BCUT2D eigenvalue weighted by Crippen LogP contribution is 2.34. The van der Waals surface area contributed by atoms with Gasteiger partial charge in [-0.3, -0.25) is 24.7 Å². The lowest BCUT2D eigenvalue weighted by Crippen LogP contribution is -2.52. The van der Waals surface area contributed by atoms with E-state index in [0.717, 1.165) is 45.5 Å². The number of carbonyl (C=O) groups is 3. The van der Waals surface area contributed by atoms with Crippen molar-refractivity contribution in [3.63, 3.8) is 0 Å². The Balaban J connectivity index is 1.24. The normalized spacial score (nSPS) is 18.9. The molecule has 11 heteroatoms. The summed E-state index contributed by atoms with van der Waals surface area (Å²) < 4.78 is 1.72. The Morgan fingerprint density at radius 3 is 2.61 bits per heavy atom. The van der Waals surface area contributed by atoms with Gasteiger partial charge in [-0.2, -0.15) is 5.10 Å². The van der Waals surface area contributed by atoms with Crippen LogP contribution >= 0.6 is 0 Å². The molecule has 7 rings (SSSR count). The van der Waals surface area contributed by atoms with Gasteiger partial charge in [-0.15, -0.1) is 0 Å². The zero-order valence-electron chi connectivity index (χ0n) is 21.9. The summed E-state index contributed by atoms with van der Waals surface area (Å²) in [5, 5.41) is 20.0. The lowest BCUT2D eigenvalue weighted by molar-refractivity contribution is -0.136. The summed E-state index contributed by atoms with van der Waals surface area (Å²) in [6, 6.07) is 14.9. The van der Waals surface area contributed by atoms with Gasteiger partial charge in [-0.25, -0.2) is 0 Å². The third-order valence-corrected chi connectivity index (χ3v) is 8.02. The van der Waals surface area contributed by atoms with Crippen LogP contribution in [0.5, 0.6) is 0 Å². The van der Waals surface area contributed by atoms with Crippen molar-refractivity contribution in [2.75, 3.05) is 0 Å². The molecule has 0 bridgehead atoms. The first-order valence-corrected chi connectivity index (χ1v) is 13.5. The van der Waals surface area contributed by atoms with E-state index in [1.54, 1.807) is 21.9 Å². The minimum absolute atomic E-state index is 0.208. The van der Waals surface area contributed by atoms with Crippen LogP contribution in [-0.2, 0) is 22.6 Å². The number of hydrogen-bond acceptors (Lipinski definition) is 7. The minimum Gasteiger partial charge on any atom is -0.411 e. The number of rotatable bonds is 5. The molecule has 3 amide bonds. The van der Waals surface area contributed by atoms with Crippen LogP contribution in [0.25, 0.3) is 22.4 Å². The second-order valence-electron chi connectivity index (χ2n) is 10.4. The van der Waals surface area contributed by atoms with Gasteiger partial charge in [0.15, 0.2) is 0 Å². The average Bonchev–Trinajstić information content (AvgIpc) is 3.69. The molecule has 201 valence electrons. The molecule has 4 aromatic rings. The zero-order valence-corrected chi connectivity index (χ0v) is 21.9. The fourth-order valence-electron chi connectivity index (χ4n) is 6.03. The highest BCUT2D eigenvalue weighted by atomic mass is 16.4. The van der Waals surface area contributed by atoms with Gasteiger partial charge in [0.1, 0.15) is 6.04 Å². The first-order chi connectivity index (χ1) is 20.0. The van der Waals surface area contributed by atoms with E-state index in [0.29, 0.717) is 36.1 Å². The Bertz CT molecular complexity index is 1770. The van der Waals surface area contributed by atoms with Crippen LogP contribution in [0.2, 0.25) is 0 Å². The maximum atomic E-state index is 13.6. The molecule has 2 aromatic heterocycles. The van der Waals surface area contributed by atoms with Gasteiger partial charge in [0.25, 0.3) is 5.91 Å². The molecule has 1 unspecified atom stereocenters. The average molecular weight is 543 g/mol. The summed E-state index contributed by atoms with van der Waals surface area (Å²) in [5.41, 5.74) is 8.38. The third kappa shape index (κ3) is 4.30. The molecule has 4 heterocycles. The molecule has 0 spiro atoms. The van der Waals surface area contributed by atoms with Crippen LogP contribution in [0.3, 0.4) is 0 Å². The van der Waals surface area contributed by atoms with Crippen LogP contribution in [-0.4, -0.2) is 61.7 Å². The van der Waals surface area contributed by atoms with Gasteiger partial charge in [-0.05, 0) is 53.5 Å². The maximum Gasteiger partial charge on any atom is 0.317 e. The summed E-state index contributed by atoms with van der Waals surface area (Å²) in [7, 11) is 1.82. The van der Waals surface area contributed by atoms with Gasteiger partial charge < -0.3 is 14.7 Å². The van der Waals surface area contributed by atoms with Crippen LogP contribution in [0, 0.1) is 0 Å². The van der Waals surface area contributed by atoms with Gasteiger partial charge in [0, 0.05) is 53.8 Å². The predicted molar refractivity (Wildman–Crippen MR) is 151 cm³/mol. The third-order valence-electron chi connectivity index (χ3n) is 8.02. The number of pyridine rings is 1. The SMILES string of the molecule is O=C1CCC(N2Cc3cccc([B]n4cc(-c5ccc6c(c5)CC/C6=N\O)c(-c5ccncc5)n4)c3C2=O)C(=O)N1. The first kappa shape index (κ1) is 24.9. The van der Waals surface area contributed by atoms with Crippen molar-refractivity contribution in [1.82, 2.24) is 24.9 Å². The molecular weight excluding hydrogens is 519 g/mol. The Morgan fingerprint density at radius 2 is 1.80 bits per heavy atom. The minimum atomic E-state index is -0.675. The van der Waals surface area contributed by atoms with Crippen molar-refractivity contribution in [3.8, 4) is 22.4 Å². The lowest BCUT2D eigenvalue weighted by atomic mass is 9.78. The van der Waals surface area contributed by atoms with Crippen molar-refractivity contribution < 1.29 is 19.6 Å². The molecule has 1 fully saturated rings. The van der Waals surface area contributed by atoms with Gasteiger partial charge in [-0.1, -0.05) is 41.6 Å². The van der Waals surface area contributed by atoms with Crippen molar-refractivity contribution in [2.45, 2.75) is 38.3 Å². The standard InChI is InChI=1S/C30H24BN6O4/c38-26-9-8-25(29(39)33-26)36-15-20-2-1-3-23(27(20)30(36)40)31-37-16-22(28(34-37)17-10-12-32-13-11-17)19-4-6-21-18(14-19)5-7-24(21)35-41/h1-4,6,10-14,16,25,41H,5,7-9,15H2,(H,33,38,39)/b35-24+. The molecule has 41 heavy (non-hydrogen) atoms. The van der Waals surface area contributed by atoms with Crippen LogP contribution in [0.15, 0.2) is 72.3 Å². The number of imide groups is 1. The maximum absolute atomic E-state index is 13.6. The first-order valence-electron chi connectivity index (χ1n) is 13.5.